The van der Waals surface area contributed by atoms with Crippen molar-refractivity contribution in [2.24, 2.45) is 10.9 Å². The molecule has 8 rings (SSSR count). The number of nitrogens with zero attached hydrogens (tertiary/aromatic N) is 5. The van der Waals surface area contributed by atoms with Gasteiger partial charge in [0.25, 0.3) is 5.56 Å². The highest BCUT2D eigenvalue weighted by Gasteiger charge is 2.55. The molecule has 1 saturated carbocycles. The van der Waals surface area contributed by atoms with Gasteiger partial charge in [0.05, 0.1) is 17.9 Å². The van der Waals surface area contributed by atoms with E-state index in [4.69, 9.17) is 23.2 Å². The van der Waals surface area contributed by atoms with Crippen LogP contribution >= 0.6 is 23.2 Å². The average molecular weight is 584 g/mol. The summed E-state index contributed by atoms with van der Waals surface area (Å²) in [5, 5.41) is 8.79. The summed E-state index contributed by atoms with van der Waals surface area (Å²) in [6.45, 7) is 4.13. The first kappa shape index (κ1) is 24.9. The van der Waals surface area contributed by atoms with Crippen LogP contribution in [0.25, 0.3) is 22.4 Å². The molecule has 0 saturated heterocycles. The van der Waals surface area contributed by atoms with Gasteiger partial charge in [-0.05, 0) is 78.1 Å². The Balaban J connectivity index is 1.13. The van der Waals surface area contributed by atoms with Crippen molar-refractivity contribution in [3.05, 3.63) is 116 Å². The molecule has 2 aliphatic carbocycles. The van der Waals surface area contributed by atoms with Gasteiger partial charge in [-0.3, -0.25) is 4.79 Å². The summed E-state index contributed by atoms with van der Waals surface area (Å²) >= 11 is 12.4. The van der Waals surface area contributed by atoms with E-state index in [0.29, 0.717) is 22.7 Å². The first-order valence-corrected chi connectivity index (χ1v) is 14.5. The molecule has 2 aliphatic heterocycles. The van der Waals surface area contributed by atoms with Gasteiger partial charge in [-0.25, -0.2) is 9.67 Å². The fourth-order valence-electron chi connectivity index (χ4n) is 6.90. The zero-order valence-corrected chi connectivity index (χ0v) is 23.5. The van der Waals surface area contributed by atoms with Crippen LogP contribution in [0.15, 0.2) is 82.6 Å². The molecule has 0 N–H and O–H groups in total. The molecule has 0 amide bonds. The molecule has 41 heavy (non-hydrogen) atoms. The highest BCUT2D eigenvalue weighted by molar-refractivity contribution is 6.31. The van der Waals surface area contributed by atoms with Crippen LogP contribution in [0, 0.1) is 5.92 Å². The van der Waals surface area contributed by atoms with Gasteiger partial charge in [0.15, 0.2) is 5.15 Å². The lowest BCUT2D eigenvalue weighted by molar-refractivity contribution is 0.579. The number of rotatable bonds is 4. The predicted molar refractivity (Wildman–Crippen MR) is 159 cm³/mol. The number of pyridine rings is 1. The monoisotopic (exact) mass is 583 g/mol. The maximum atomic E-state index is 15.4. The maximum Gasteiger partial charge on any atom is 0.251 e. The Morgan fingerprint density at radius 3 is 2.68 bits per heavy atom. The van der Waals surface area contributed by atoms with Gasteiger partial charge in [0, 0.05) is 46.0 Å². The molecule has 4 aliphatic rings. The number of aromatic nitrogens is 4. The molecular formula is C32H24Cl2FN5O. The SMILES string of the molecule is C=C1CCc2cc(C3=C(F)N=C(C4C5CC5c5cc(-c6cc(Cl)ccc6-n6cc(Cl)nn6)cc(=O)n54)C3)ccc2C1. The highest BCUT2D eigenvalue weighted by Crippen LogP contribution is 2.60. The Morgan fingerprint density at radius 2 is 1.85 bits per heavy atom. The largest absolute Gasteiger partial charge is 0.303 e. The van der Waals surface area contributed by atoms with Crippen molar-refractivity contribution in [1.29, 1.82) is 0 Å². The maximum absolute atomic E-state index is 15.4. The topological polar surface area (TPSA) is 65.1 Å². The molecule has 204 valence electrons. The standard InChI is InChI=1S/C32H24Cl2FN5O/c1-16-2-3-18-9-19(5-4-17(18)8-16)23-14-26(36-32(23)35)31-25-13-24(25)28-10-20(11-30(41)40(28)31)22-12-21(33)6-7-27(22)39-15-29(34)37-38-39/h4-7,9-12,15,24-25,31H,1-3,8,13-14H2. The van der Waals surface area contributed by atoms with E-state index >= 15 is 4.39 Å². The van der Waals surface area contributed by atoms with Crippen LogP contribution in [-0.2, 0) is 12.8 Å². The Morgan fingerprint density at radius 1 is 0.976 bits per heavy atom. The number of aliphatic imine (C=N–C) groups is 1. The van der Waals surface area contributed by atoms with Gasteiger partial charge in [0.2, 0.25) is 5.95 Å². The molecule has 3 unspecified atom stereocenters. The lowest BCUT2D eigenvalue weighted by Gasteiger charge is -2.20. The molecule has 0 bridgehead atoms. The zero-order valence-electron chi connectivity index (χ0n) is 21.9. The minimum atomic E-state index is -0.439. The molecule has 4 heterocycles. The van der Waals surface area contributed by atoms with Crippen LogP contribution in [0.5, 0.6) is 0 Å². The van der Waals surface area contributed by atoms with Crippen LogP contribution < -0.4 is 5.56 Å². The first-order valence-electron chi connectivity index (χ1n) is 13.7. The van der Waals surface area contributed by atoms with E-state index in [0.717, 1.165) is 53.8 Å². The summed E-state index contributed by atoms with van der Waals surface area (Å²) in [4.78, 5) is 18.1. The number of aryl methyl sites for hydroxylation is 1. The molecule has 2 aromatic heterocycles. The third-order valence-corrected chi connectivity index (χ3v) is 9.32. The Bertz CT molecular complexity index is 1940. The summed E-state index contributed by atoms with van der Waals surface area (Å²) in [5.41, 5.74) is 9.01. The summed E-state index contributed by atoms with van der Waals surface area (Å²) in [7, 11) is 0. The minimum Gasteiger partial charge on any atom is -0.303 e. The van der Waals surface area contributed by atoms with Gasteiger partial charge < -0.3 is 4.57 Å². The van der Waals surface area contributed by atoms with E-state index in [1.807, 2.05) is 22.8 Å². The van der Waals surface area contributed by atoms with Crippen molar-refractivity contribution in [2.45, 2.75) is 44.1 Å². The molecule has 6 nitrogen and oxygen atoms in total. The van der Waals surface area contributed by atoms with Gasteiger partial charge in [-0.1, -0.05) is 58.8 Å². The summed E-state index contributed by atoms with van der Waals surface area (Å²) < 4.78 is 18.8. The molecule has 3 atom stereocenters. The Kier molecular flexibility index (Phi) is 5.53. The minimum absolute atomic E-state index is 0.136. The Labute approximate surface area is 245 Å². The molecule has 0 radical (unpaired) electrons. The van der Waals surface area contributed by atoms with Crippen LogP contribution in [0.2, 0.25) is 10.2 Å². The number of halogens is 3. The zero-order chi connectivity index (χ0) is 28.0. The van der Waals surface area contributed by atoms with E-state index in [1.165, 1.54) is 16.7 Å². The molecular weight excluding hydrogens is 560 g/mol. The molecule has 9 heteroatoms. The van der Waals surface area contributed by atoms with Crippen LogP contribution in [0.3, 0.4) is 0 Å². The van der Waals surface area contributed by atoms with Crippen LogP contribution in [-0.4, -0.2) is 25.3 Å². The second-order valence-electron chi connectivity index (χ2n) is 11.4. The second kappa shape index (κ2) is 9.10. The predicted octanol–water partition coefficient (Wildman–Crippen LogP) is 7.29. The van der Waals surface area contributed by atoms with E-state index in [2.05, 4.69) is 40.1 Å². The normalized spacial score (nSPS) is 22.5. The van der Waals surface area contributed by atoms with Gasteiger partial charge >= 0.3 is 0 Å². The van der Waals surface area contributed by atoms with Crippen LogP contribution in [0.4, 0.5) is 4.39 Å². The van der Waals surface area contributed by atoms with Gasteiger partial charge in [-0.2, -0.15) is 4.39 Å². The summed E-state index contributed by atoms with van der Waals surface area (Å²) in [6, 6.07) is 15.0. The van der Waals surface area contributed by atoms with Crippen molar-refractivity contribution in [1.82, 2.24) is 19.6 Å². The quantitative estimate of drug-likeness (QED) is 0.187. The van der Waals surface area contributed by atoms with Crippen molar-refractivity contribution < 1.29 is 4.39 Å². The van der Waals surface area contributed by atoms with Crippen molar-refractivity contribution in [3.8, 4) is 16.8 Å². The lowest BCUT2D eigenvalue weighted by Crippen LogP contribution is -2.29. The van der Waals surface area contributed by atoms with E-state index < -0.39 is 5.95 Å². The molecule has 1 fully saturated rings. The first-order chi connectivity index (χ1) is 19.8. The fraction of sp³-hybridized carbons (Fsp3) is 0.250. The molecule has 2 aromatic carbocycles. The third-order valence-electron chi connectivity index (χ3n) is 8.92. The highest BCUT2D eigenvalue weighted by atomic mass is 35.5. The smallest absolute Gasteiger partial charge is 0.251 e. The van der Waals surface area contributed by atoms with Crippen molar-refractivity contribution in [3.63, 3.8) is 0 Å². The van der Waals surface area contributed by atoms with E-state index in [-0.39, 0.29) is 28.6 Å². The van der Waals surface area contributed by atoms with Crippen molar-refractivity contribution >= 4 is 34.5 Å². The van der Waals surface area contributed by atoms with Gasteiger partial charge in [-0.15, -0.1) is 5.10 Å². The number of hydrogen-bond donors (Lipinski definition) is 0. The summed E-state index contributed by atoms with van der Waals surface area (Å²) in [5.74, 6) is 0.0413. The average Bonchev–Trinajstić information content (AvgIpc) is 3.27. The van der Waals surface area contributed by atoms with Gasteiger partial charge in [0.1, 0.15) is 0 Å². The number of hydrogen-bond acceptors (Lipinski definition) is 4. The number of benzene rings is 2. The van der Waals surface area contributed by atoms with Crippen molar-refractivity contribution in [2.75, 3.05) is 0 Å². The molecule has 0 spiro atoms. The second-order valence-corrected chi connectivity index (χ2v) is 12.3. The summed E-state index contributed by atoms with van der Waals surface area (Å²) in [6.07, 6.45) is 5.75. The van der Waals surface area contributed by atoms with E-state index in [9.17, 15) is 4.79 Å². The number of allylic oxidation sites excluding steroid dienone is 2. The fourth-order valence-corrected chi connectivity index (χ4v) is 7.20. The third kappa shape index (κ3) is 4.05. The Hall–Kier alpha value is -3.81. The number of fused-ring (bicyclic) bond motifs is 4. The molecule has 4 aromatic rings. The van der Waals surface area contributed by atoms with Crippen LogP contribution in [0.1, 0.15) is 53.6 Å². The lowest BCUT2D eigenvalue weighted by atomic mass is 9.86. The van der Waals surface area contributed by atoms with E-state index in [1.54, 1.807) is 23.0 Å².